The lowest BCUT2D eigenvalue weighted by Gasteiger charge is -2.07. The highest BCUT2D eigenvalue weighted by Gasteiger charge is 2.02. The molecule has 4 heteroatoms. The Morgan fingerprint density at radius 3 is 2.31 bits per heavy atom. The maximum Gasteiger partial charge on any atom is 0.225 e. The maximum absolute atomic E-state index is 11.2. The van der Waals surface area contributed by atoms with Crippen LogP contribution in [-0.2, 0) is 4.79 Å². The Balaban J connectivity index is 0.00000225. The summed E-state index contributed by atoms with van der Waals surface area (Å²) in [6.07, 6.45) is 0.367. The summed E-state index contributed by atoms with van der Waals surface area (Å²) < 4.78 is 0. The number of anilines is 1. The Hall–Kier alpha value is -1.06. The van der Waals surface area contributed by atoms with E-state index in [0.29, 0.717) is 18.9 Å². The Labute approximate surface area is 103 Å². The van der Waals surface area contributed by atoms with Crippen LogP contribution in [0.3, 0.4) is 0 Å². The summed E-state index contributed by atoms with van der Waals surface area (Å²) in [4.78, 5) is 11.2. The zero-order valence-corrected chi connectivity index (χ0v) is 10.5. The van der Waals surface area contributed by atoms with Gasteiger partial charge in [0.25, 0.3) is 0 Å². The molecule has 0 aliphatic rings. The van der Waals surface area contributed by atoms with Gasteiger partial charge in [0.05, 0.1) is 0 Å². The molecule has 0 fully saturated rings. The van der Waals surface area contributed by atoms with Gasteiger partial charge < -0.3 is 11.1 Å². The molecule has 0 radical (unpaired) electrons. The predicted molar refractivity (Wildman–Crippen MR) is 70.1 cm³/mol. The first-order valence-electron chi connectivity index (χ1n) is 5.23. The molecule has 16 heavy (non-hydrogen) atoms. The molecule has 0 aliphatic heterocycles. The van der Waals surface area contributed by atoms with Gasteiger partial charge in [0.1, 0.15) is 0 Å². The highest BCUT2D eigenvalue weighted by atomic mass is 35.5. The number of rotatable bonds is 4. The third-order valence-electron chi connectivity index (χ3n) is 2.23. The summed E-state index contributed by atoms with van der Waals surface area (Å²) in [5.74, 6) is 0.480. The molecule has 3 nitrogen and oxygen atoms in total. The van der Waals surface area contributed by atoms with E-state index >= 15 is 0 Å². The Morgan fingerprint density at radius 1 is 1.31 bits per heavy atom. The van der Waals surface area contributed by atoms with Gasteiger partial charge >= 0.3 is 0 Å². The van der Waals surface area contributed by atoms with E-state index in [1.165, 1.54) is 5.56 Å². The topological polar surface area (TPSA) is 55.1 Å². The summed E-state index contributed by atoms with van der Waals surface area (Å²) in [7, 11) is 0. The van der Waals surface area contributed by atoms with Crippen molar-refractivity contribution in [3.63, 3.8) is 0 Å². The summed E-state index contributed by atoms with van der Waals surface area (Å²) in [5, 5.41) is 2.79. The highest BCUT2D eigenvalue weighted by molar-refractivity contribution is 5.90. The van der Waals surface area contributed by atoms with Crippen molar-refractivity contribution >= 4 is 24.0 Å². The van der Waals surface area contributed by atoms with Crippen molar-refractivity contribution in [1.29, 1.82) is 0 Å². The molecule has 90 valence electrons. The van der Waals surface area contributed by atoms with Crippen molar-refractivity contribution in [2.45, 2.75) is 26.2 Å². The zero-order valence-electron chi connectivity index (χ0n) is 9.69. The maximum atomic E-state index is 11.2. The van der Waals surface area contributed by atoms with Crippen LogP contribution in [0.15, 0.2) is 24.3 Å². The monoisotopic (exact) mass is 242 g/mol. The molecule has 1 rings (SSSR count). The van der Waals surface area contributed by atoms with Crippen LogP contribution >= 0.6 is 12.4 Å². The fourth-order valence-electron chi connectivity index (χ4n) is 1.31. The van der Waals surface area contributed by atoms with Gasteiger partial charge in [-0.15, -0.1) is 12.4 Å². The minimum atomic E-state index is -0.0326. The van der Waals surface area contributed by atoms with Crippen LogP contribution in [0.5, 0.6) is 0 Å². The van der Waals surface area contributed by atoms with Gasteiger partial charge in [0.15, 0.2) is 0 Å². The number of hydrogen-bond donors (Lipinski definition) is 2. The smallest absolute Gasteiger partial charge is 0.225 e. The van der Waals surface area contributed by atoms with E-state index in [1.807, 2.05) is 24.3 Å². The number of hydrogen-bond acceptors (Lipinski definition) is 2. The van der Waals surface area contributed by atoms with E-state index in [4.69, 9.17) is 5.73 Å². The molecule has 0 saturated carbocycles. The van der Waals surface area contributed by atoms with Crippen molar-refractivity contribution in [2.75, 3.05) is 11.9 Å². The molecule has 1 aromatic rings. The standard InChI is InChI=1S/C12H18N2O.ClH/c1-9(2)10-3-5-11(6-4-10)14-12(15)7-8-13;/h3-6,9H,7-8,13H2,1-2H3,(H,14,15);1H. The average Bonchev–Trinajstić information content (AvgIpc) is 2.18. The first-order valence-corrected chi connectivity index (χ1v) is 5.23. The number of carbonyl (C=O) groups is 1. The number of benzene rings is 1. The van der Waals surface area contributed by atoms with Gasteiger partial charge in [0, 0.05) is 18.7 Å². The molecule has 0 aliphatic carbocycles. The predicted octanol–water partition coefficient (Wildman–Crippen LogP) is 2.52. The zero-order chi connectivity index (χ0) is 11.3. The molecule has 0 unspecified atom stereocenters. The second-order valence-corrected chi connectivity index (χ2v) is 3.86. The first kappa shape index (κ1) is 14.9. The van der Waals surface area contributed by atoms with Crippen LogP contribution in [0.2, 0.25) is 0 Å². The lowest BCUT2D eigenvalue weighted by Crippen LogP contribution is -2.16. The van der Waals surface area contributed by atoms with Crippen LogP contribution in [-0.4, -0.2) is 12.5 Å². The number of halogens is 1. The van der Waals surface area contributed by atoms with Gasteiger partial charge in [0.2, 0.25) is 5.91 Å². The quantitative estimate of drug-likeness (QED) is 0.853. The molecule has 0 saturated heterocycles. The second-order valence-electron chi connectivity index (χ2n) is 3.86. The summed E-state index contributed by atoms with van der Waals surface area (Å²) in [6.45, 7) is 4.67. The fourth-order valence-corrected chi connectivity index (χ4v) is 1.31. The van der Waals surface area contributed by atoms with Gasteiger partial charge in [-0.3, -0.25) is 4.79 Å². The van der Waals surface area contributed by atoms with Crippen molar-refractivity contribution in [1.82, 2.24) is 0 Å². The van der Waals surface area contributed by atoms with Crippen LogP contribution in [0.25, 0.3) is 0 Å². The minimum Gasteiger partial charge on any atom is -0.330 e. The Kier molecular flexibility index (Phi) is 6.77. The van der Waals surface area contributed by atoms with Crippen molar-refractivity contribution in [3.05, 3.63) is 29.8 Å². The number of nitrogens with one attached hydrogen (secondary N) is 1. The van der Waals surface area contributed by atoms with Gasteiger partial charge in [-0.05, 0) is 23.6 Å². The van der Waals surface area contributed by atoms with E-state index < -0.39 is 0 Å². The van der Waals surface area contributed by atoms with E-state index in [0.717, 1.165) is 5.69 Å². The van der Waals surface area contributed by atoms with Gasteiger partial charge in [-0.2, -0.15) is 0 Å². The lowest BCUT2D eigenvalue weighted by atomic mass is 10.0. The molecule has 0 aromatic heterocycles. The van der Waals surface area contributed by atoms with Crippen LogP contribution in [0, 0.1) is 0 Å². The fraction of sp³-hybridized carbons (Fsp3) is 0.417. The molecule has 0 heterocycles. The molecule has 1 amide bonds. The molecule has 3 N–H and O–H groups in total. The minimum absolute atomic E-state index is 0. The largest absolute Gasteiger partial charge is 0.330 e. The van der Waals surface area contributed by atoms with Gasteiger partial charge in [-0.1, -0.05) is 26.0 Å². The number of nitrogens with two attached hydrogens (primary N) is 1. The Morgan fingerprint density at radius 2 is 1.88 bits per heavy atom. The molecule has 0 bridgehead atoms. The lowest BCUT2D eigenvalue weighted by molar-refractivity contribution is -0.116. The van der Waals surface area contributed by atoms with E-state index in [9.17, 15) is 4.79 Å². The van der Waals surface area contributed by atoms with Gasteiger partial charge in [-0.25, -0.2) is 0 Å². The molecular formula is C12H19ClN2O. The number of carbonyl (C=O) groups excluding carboxylic acids is 1. The summed E-state index contributed by atoms with van der Waals surface area (Å²) in [6, 6.07) is 7.90. The first-order chi connectivity index (χ1) is 7.13. The van der Waals surface area contributed by atoms with Crippen LogP contribution in [0.1, 0.15) is 31.7 Å². The third-order valence-corrected chi connectivity index (χ3v) is 2.23. The third kappa shape index (κ3) is 4.64. The Bertz CT molecular complexity index is 322. The average molecular weight is 243 g/mol. The van der Waals surface area contributed by atoms with E-state index in [1.54, 1.807) is 0 Å². The molecular weight excluding hydrogens is 224 g/mol. The summed E-state index contributed by atoms with van der Waals surface area (Å²) in [5.41, 5.74) is 7.39. The van der Waals surface area contributed by atoms with Crippen molar-refractivity contribution < 1.29 is 4.79 Å². The molecule has 1 aromatic carbocycles. The van der Waals surface area contributed by atoms with Crippen LogP contribution in [0.4, 0.5) is 5.69 Å². The normalized spacial score (nSPS) is 9.75. The second kappa shape index (κ2) is 7.25. The van der Waals surface area contributed by atoms with E-state index in [2.05, 4.69) is 19.2 Å². The summed E-state index contributed by atoms with van der Waals surface area (Å²) >= 11 is 0. The molecule has 0 atom stereocenters. The SMILES string of the molecule is CC(C)c1ccc(NC(=O)CCN)cc1.Cl. The number of amides is 1. The molecule has 0 spiro atoms. The van der Waals surface area contributed by atoms with Crippen LogP contribution < -0.4 is 11.1 Å². The highest BCUT2D eigenvalue weighted by Crippen LogP contribution is 2.17. The van der Waals surface area contributed by atoms with E-state index in [-0.39, 0.29) is 18.3 Å². The van der Waals surface area contributed by atoms with Crippen molar-refractivity contribution in [2.24, 2.45) is 5.73 Å². The van der Waals surface area contributed by atoms with Crippen molar-refractivity contribution in [3.8, 4) is 0 Å².